The highest BCUT2D eigenvalue weighted by molar-refractivity contribution is 9.10. The molecule has 2 N–H and O–H groups in total. The molecule has 3 nitrogen and oxygen atoms in total. The molecule has 0 saturated carbocycles. The van der Waals surface area contributed by atoms with Gasteiger partial charge in [-0.3, -0.25) is 0 Å². The van der Waals surface area contributed by atoms with E-state index < -0.39 is 21.6 Å². The quantitative estimate of drug-likeness (QED) is 0.530. The summed E-state index contributed by atoms with van der Waals surface area (Å²) in [5.41, 5.74) is -0.948. The molecule has 19 heavy (non-hydrogen) atoms. The fourth-order valence-electron chi connectivity index (χ4n) is 4.25. The molecule has 1 heterocycles. The van der Waals surface area contributed by atoms with Gasteiger partial charge in [0.05, 0.1) is 17.8 Å². The Morgan fingerprint density at radius 2 is 1.95 bits per heavy atom. The van der Waals surface area contributed by atoms with E-state index in [9.17, 15) is 10.2 Å². The number of hydrogen-bond donors (Lipinski definition) is 2. The molecule has 1 saturated heterocycles. The Balaban J connectivity index is 2.28. The van der Waals surface area contributed by atoms with E-state index >= 15 is 0 Å². The highest BCUT2D eigenvalue weighted by Gasteiger charge is 2.75. The average molecular weight is 329 g/mol. The Hall–Kier alpha value is -0.160. The third-order valence-corrected chi connectivity index (χ3v) is 7.17. The van der Waals surface area contributed by atoms with Gasteiger partial charge < -0.3 is 14.9 Å². The van der Waals surface area contributed by atoms with Crippen molar-refractivity contribution in [2.45, 2.75) is 56.4 Å². The van der Waals surface area contributed by atoms with Gasteiger partial charge in [0, 0.05) is 10.8 Å². The Kier molecular flexibility index (Phi) is 2.57. The van der Waals surface area contributed by atoms with Gasteiger partial charge in [0.15, 0.2) is 0 Å². The minimum absolute atomic E-state index is 0.199. The number of alkyl halides is 1. The van der Waals surface area contributed by atoms with Crippen LogP contribution in [0.4, 0.5) is 0 Å². The number of halogens is 1. The number of fused-ring (bicyclic) bond motifs is 1. The second kappa shape index (κ2) is 3.53. The van der Waals surface area contributed by atoms with Gasteiger partial charge in [0.1, 0.15) is 4.51 Å². The van der Waals surface area contributed by atoms with Crippen LogP contribution in [0.15, 0.2) is 23.8 Å². The van der Waals surface area contributed by atoms with E-state index in [1.807, 2.05) is 32.1 Å². The lowest BCUT2D eigenvalue weighted by Gasteiger charge is -2.57. The largest absolute Gasteiger partial charge is 0.389 e. The maximum absolute atomic E-state index is 11.0. The number of hydrogen-bond acceptors (Lipinski definition) is 3. The Morgan fingerprint density at radius 3 is 2.58 bits per heavy atom. The predicted molar refractivity (Wildman–Crippen MR) is 76.9 cm³/mol. The number of rotatable bonds is 0. The summed E-state index contributed by atoms with van der Waals surface area (Å²) in [5.74, 6) is 0. The molecule has 0 aromatic heterocycles. The first-order valence-electron chi connectivity index (χ1n) is 6.73. The zero-order chi connectivity index (χ0) is 14.3. The van der Waals surface area contributed by atoms with Gasteiger partial charge in [0.2, 0.25) is 0 Å². The number of aliphatic hydroxyl groups excluding tert-OH is 1. The molecule has 4 heteroatoms. The summed E-state index contributed by atoms with van der Waals surface area (Å²) in [6.45, 7) is 7.93. The SMILES string of the molecule is CC1=CC2OC3(Br)C=C[C@@](C)(O)C2(C[C@H]1O)C3(C)C. The summed E-state index contributed by atoms with van der Waals surface area (Å²) in [5, 5.41) is 21.3. The van der Waals surface area contributed by atoms with E-state index in [0.29, 0.717) is 6.42 Å². The first-order valence-corrected chi connectivity index (χ1v) is 7.53. The van der Waals surface area contributed by atoms with Crippen LogP contribution in [0.25, 0.3) is 0 Å². The number of ether oxygens (including phenoxy) is 1. The predicted octanol–water partition coefficient (Wildman–Crippen LogP) is 2.52. The van der Waals surface area contributed by atoms with Gasteiger partial charge in [-0.2, -0.15) is 0 Å². The Morgan fingerprint density at radius 1 is 1.32 bits per heavy atom. The summed E-state index contributed by atoms with van der Waals surface area (Å²) in [7, 11) is 0. The van der Waals surface area contributed by atoms with E-state index in [0.717, 1.165) is 5.57 Å². The van der Waals surface area contributed by atoms with E-state index in [1.165, 1.54) is 0 Å². The first kappa shape index (κ1) is 13.8. The smallest absolute Gasteiger partial charge is 0.147 e. The third-order valence-electron chi connectivity index (χ3n) is 5.73. The summed E-state index contributed by atoms with van der Waals surface area (Å²) < 4.78 is 5.63. The molecule has 1 spiro atoms. The zero-order valence-electron chi connectivity index (χ0n) is 11.8. The molecule has 2 aliphatic carbocycles. The molecule has 106 valence electrons. The van der Waals surface area contributed by atoms with Crippen LogP contribution >= 0.6 is 15.9 Å². The number of aliphatic hydroxyl groups is 2. The lowest BCUT2D eigenvalue weighted by atomic mass is 9.48. The second-order valence-corrected chi connectivity index (χ2v) is 8.07. The summed E-state index contributed by atoms with van der Waals surface area (Å²) in [6, 6.07) is 0. The highest BCUT2D eigenvalue weighted by Crippen LogP contribution is 2.71. The van der Waals surface area contributed by atoms with Crippen LogP contribution in [0.5, 0.6) is 0 Å². The van der Waals surface area contributed by atoms with Gasteiger partial charge in [-0.05, 0) is 47.8 Å². The van der Waals surface area contributed by atoms with Crippen molar-refractivity contribution < 1.29 is 14.9 Å². The first-order chi connectivity index (χ1) is 8.57. The lowest BCUT2D eigenvalue weighted by Crippen LogP contribution is -2.62. The van der Waals surface area contributed by atoms with Gasteiger partial charge in [-0.25, -0.2) is 0 Å². The van der Waals surface area contributed by atoms with Crippen molar-refractivity contribution in [3.8, 4) is 0 Å². The van der Waals surface area contributed by atoms with Crippen LogP contribution in [0.3, 0.4) is 0 Å². The lowest BCUT2D eigenvalue weighted by molar-refractivity contribution is -0.126. The maximum Gasteiger partial charge on any atom is 0.147 e. The minimum Gasteiger partial charge on any atom is -0.389 e. The fraction of sp³-hybridized carbons (Fsp3) is 0.733. The Bertz CT molecular complexity index is 494. The molecule has 5 atom stereocenters. The molecule has 1 aliphatic heterocycles. The van der Waals surface area contributed by atoms with E-state index in [1.54, 1.807) is 0 Å². The van der Waals surface area contributed by atoms with Crippen molar-refractivity contribution in [3.63, 3.8) is 0 Å². The van der Waals surface area contributed by atoms with Crippen LogP contribution in [-0.4, -0.2) is 32.5 Å². The van der Waals surface area contributed by atoms with Crippen molar-refractivity contribution in [2.75, 3.05) is 0 Å². The van der Waals surface area contributed by atoms with Crippen LogP contribution in [0.2, 0.25) is 0 Å². The van der Waals surface area contributed by atoms with Gasteiger partial charge in [0.25, 0.3) is 0 Å². The van der Waals surface area contributed by atoms with E-state index in [-0.39, 0.29) is 11.5 Å². The topological polar surface area (TPSA) is 49.7 Å². The normalized spacial score (nSPS) is 54.8. The maximum atomic E-state index is 11.0. The molecular formula is C15H21BrO3. The van der Waals surface area contributed by atoms with Crippen LogP contribution < -0.4 is 0 Å². The van der Waals surface area contributed by atoms with E-state index in [4.69, 9.17) is 4.74 Å². The molecule has 0 aromatic carbocycles. The molecule has 0 aromatic rings. The van der Waals surface area contributed by atoms with Crippen LogP contribution in [0.1, 0.15) is 34.1 Å². The van der Waals surface area contributed by atoms with Crippen molar-refractivity contribution >= 4 is 15.9 Å². The standard InChI is InChI=1S/C15H21BrO3/c1-9-7-11-14(8-10(9)17)12(2,3)15(16,19-11)6-5-13(14,4)18/h5-7,10-11,17-18H,8H2,1-4H3/t10-,11?,13-,14?,15?/m1/s1. The molecule has 1 fully saturated rings. The summed E-state index contributed by atoms with van der Waals surface area (Å²) >= 11 is 3.70. The Labute approximate surface area is 122 Å². The second-order valence-electron chi connectivity index (χ2n) is 6.89. The van der Waals surface area contributed by atoms with Gasteiger partial charge in [-0.1, -0.05) is 26.0 Å². The minimum atomic E-state index is -1.01. The van der Waals surface area contributed by atoms with Crippen LogP contribution in [-0.2, 0) is 4.74 Å². The highest BCUT2D eigenvalue weighted by atomic mass is 79.9. The van der Waals surface area contributed by atoms with Gasteiger partial charge >= 0.3 is 0 Å². The third kappa shape index (κ3) is 1.34. The van der Waals surface area contributed by atoms with Crippen molar-refractivity contribution in [1.82, 2.24) is 0 Å². The average Bonchev–Trinajstić information content (AvgIpc) is 2.38. The molecule has 2 bridgehead atoms. The molecule has 3 rings (SSSR count). The van der Waals surface area contributed by atoms with E-state index in [2.05, 4.69) is 29.8 Å². The zero-order valence-corrected chi connectivity index (χ0v) is 13.4. The van der Waals surface area contributed by atoms with Crippen molar-refractivity contribution in [3.05, 3.63) is 23.8 Å². The molecular weight excluding hydrogens is 308 g/mol. The summed E-state index contributed by atoms with van der Waals surface area (Å²) in [6.07, 6.45) is 5.49. The fourth-order valence-corrected chi connectivity index (χ4v) is 4.94. The summed E-state index contributed by atoms with van der Waals surface area (Å²) in [4.78, 5) is 0. The monoisotopic (exact) mass is 328 g/mol. The molecule has 0 radical (unpaired) electrons. The van der Waals surface area contributed by atoms with Crippen molar-refractivity contribution in [2.24, 2.45) is 10.8 Å². The van der Waals surface area contributed by atoms with Crippen LogP contribution in [0, 0.1) is 10.8 Å². The molecule has 3 aliphatic rings. The van der Waals surface area contributed by atoms with Crippen molar-refractivity contribution in [1.29, 1.82) is 0 Å². The molecule has 0 amide bonds. The molecule has 3 unspecified atom stereocenters. The van der Waals surface area contributed by atoms with Gasteiger partial charge in [-0.15, -0.1) is 0 Å².